The average molecular weight is 212 g/mol. The van der Waals surface area contributed by atoms with E-state index in [0.717, 1.165) is 12.0 Å². The molecule has 1 aromatic carbocycles. The molecule has 0 amide bonds. The first-order chi connectivity index (χ1) is 7.04. The van der Waals surface area contributed by atoms with Crippen LogP contribution in [0, 0.1) is 12.7 Å². The van der Waals surface area contributed by atoms with Crippen molar-refractivity contribution in [1.82, 2.24) is 0 Å². The Morgan fingerprint density at radius 2 is 1.93 bits per heavy atom. The zero-order valence-corrected chi connectivity index (χ0v) is 9.07. The molecule has 2 unspecified atom stereocenters. The Balaban J connectivity index is 2.85. The molecule has 0 bridgehead atoms. The number of benzene rings is 1. The van der Waals surface area contributed by atoms with Crippen molar-refractivity contribution in [3.05, 3.63) is 35.1 Å². The summed E-state index contributed by atoms with van der Waals surface area (Å²) in [5.41, 5.74) is 1.18. The minimum Gasteiger partial charge on any atom is -0.390 e. The van der Waals surface area contributed by atoms with Gasteiger partial charge in [-0.3, -0.25) is 0 Å². The second-order valence-corrected chi connectivity index (χ2v) is 3.86. The van der Waals surface area contributed by atoms with Gasteiger partial charge in [0.15, 0.2) is 0 Å². The van der Waals surface area contributed by atoms with E-state index in [2.05, 4.69) is 0 Å². The quantitative estimate of drug-likeness (QED) is 0.804. The van der Waals surface area contributed by atoms with Crippen LogP contribution in [0.5, 0.6) is 0 Å². The standard InChI is InChI=1S/C12H17FO2/c1-3-4-11(14)12(15)9-5-8(2)6-10(13)7-9/h5-7,11-12,14-15H,3-4H2,1-2H3. The molecule has 3 heteroatoms. The van der Waals surface area contributed by atoms with E-state index in [1.54, 1.807) is 13.0 Å². The maximum absolute atomic E-state index is 13.0. The summed E-state index contributed by atoms with van der Waals surface area (Å²) in [5.74, 6) is -0.382. The Labute approximate surface area is 89.4 Å². The Bertz CT molecular complexity index is 305. The summed E-state index contributed by atoms with van der Waals surface area (Å²) < 4.78 is 13.0. The Kier molecular flexibility index (Phi) is 4.24. The van der Waals surface area contributed by atoms with Crippen LogP contribution in [0.4, 0.5) is 4.39 Å². The van der Waals surface area contributed by atoms with Gasteiger partial charge < -0.3 is 10.2 Å². The van der Waals surface area contributed by atoms with Crippen LogP contribution in [0.15, 0.2) is 18.2 Å². The van der Waals surface area contributed by atoms with Crippen LogP contribution in [-0.4, -0.2) is 16.3 Å². The topological polar surface area (TPSA) is 40.5 Å². The van der Waals surface area contributed by atoms with Gasteiger partial charge in [-0.2, -0.15) is 0 Å². The van der Waals surface area contributed by atoms with Gasteiger partial charge in [-0.15, -0.1) is 0 Å². The molecule has 2 N–H and O–H groups in total. The predicted octanol–water partition coefficient (Wildman–Crippen LogP) is 2.33. The maximum Gasteiger partial charge on any atom is 0.123 e. The molecule has 0 heterocycles. The van der Waals surface area contributed by atoms with Gasteiger partial charge in [-0.25, -0.2) is 4.39 Å². The van der Waals surface area contributed by atoms with Gasteiger partial charge in [0.25, 0.3) is 0 Å². The van der Waals surface area contributed by atoms with Crippen LogP contribution in [0.2, 0.25) is 0 Å². The third-order valence-corrected chi connectivity index (χ3v) is 2.35. The highest BCUT2D eigenvalue weighted by Gasteiger charge is 2.18. The van der Waals surface area contributed by atoms with Gasteiger partial charge in [0, 0.05) is 0 Å². The van der Waals surface area contributed by atoms with Crippen molar-refractivity contribution in [2.75, 3.05) is 0 Å². The molecular formula is C12H17FO2. The smallest absolute Gasteiger partial charge is 0.123 e. The number of hydrogen-bond acceptors (Lipinski definition) is 2. The highest BCUT2D eigenvalue weighted by molar-refractivity contribution is 5.25. The largest absolute Gasteiger partial charge is 0.390 e. The lowest BCUT2D eigenvalue weighted by Gasteiger charge is -2.17. The van der Waals surface area contributed by atoms with Crippen molar-refractivity contribution in [1.29, 1.82) is 0 Å². The number of halogens is 1. The third-order valence-electron chi connectivity index (χ3n) is 2.35. The van der Waals surface area contributed by atoms with Crippen LogP contribution >= 0.6 is 0 Å². The van der Waals surface area contributed by atoms with E-state index in [9.17, 15) is 14.6 Å². The summed E-state index contributed by atoms with van der Waals surface area (Å²) in [6, 6.07) is 4.34. The molecule has 2 atom stereocenters. The normalized spacial score (nSPS) is 15.0. The lowest BCUT2D eigenvalue weighted by atomic mass is 9.99. The molecule has 0 radical (unpaired) electrons. The summed E-state index contributed by atoms with van der Waals surface area (Å²) in [5, 5.41) is 19.3. The highest BCUT2D eigenvalue weighted by Crippen LogP contribution is 2.21. The van der Waals surface area contributed by atoms with E-state index in [-0.39, 0.29) is 5.82 Å². The number of hydrogen-bond donors (Lipinski definition) is 2. The lowest BCUT2D eigenvalue weighted by Crippen LogP contribution is -2.18. The fraction of sp³-hybridized carbons (Fsp3) is 0.500. The minimum atomic E-state index is -1.00. The molecule has 1 aromatic rings. The molecule has 0 saturated heterocycles. The molecule has 0 spiro atoms. The van der Waals surface area contributed by atoms with Crippen LogP contribution in [0.1, 0.15) is 37.0 Å². The van der Waals surface area contributed by atoms with Crippen molar-refractivity contribution < 1.29 is 14.6 Å². The monoisotopic (exact) mass is 212 g/mol. The summed E-state index contributed by atoms with van der Waals surface area (Å²) in [6.07, 6.45) is -0.529. The van der Waals surface area contributed by atoms with E-state index in [0.29, 0.717) is 12.0 Å². The van der Waals surface area contributed by atoms with E-state index in [1.807, 2.05) is 6.92 Å². The predicted molar refractivity (Wildman–Crippen MR) is 57.0 cm³/mol. The van der Waals surface area contributed by atoms with Gasteiger partial charge in [-0.1, -0.05) is 19.4 Å². The molecule has 0 aromatic heterocycles. The molecule has 0 aliphatic carbocycles. The van der Waals surface area contributed by atoms with Gasteiger partial charge in [0.2, 0.25) is 0 Å². The van der Waals surface area contributed by atoms with Crippen LogP contribution < -0.4 is 0 Å². The highest BCUT2D eigenvalue weighted by atomic mass is 19.1. The van der Waals surface area contributed by atoms with E-state index >= 15 is 0 Å². The first kappa shape index (κ1) is 12.1. The van der Waals surface area contributed by atoms with Crippen molar-refractivity contribution >= 4 is 0 Å². The number of aliphatic hydroxyl groups is 2. The fourth-order valence-corrected chi connectivity index (χ4v) is 1.61. The first-order valence-electron chi connectivity index (χ1n) is 5.17. The molecule has 2 nitrogen and oxygen atoms in total. The summed E-state index contributed by atoms with van der Waals surface area (Å²) in [7, 11) is 0. The zero-order valence-electron chi connectivity index (χ0n) is 9.07. The molecule has 0 fully saturated rings. The molecular weight excluding hydrogens is 195 g/mol. The van der Waals surface area contributed by atoms with Gasteiger partial charge in [0.05, 0.1) is 6.10 Å². The fourth-order valence-electron chi connectivity index (χ4n) is 1.61. The summed E-state index contributed by atoms with van der Waals surface area (Å²) in [4.78, 5) is 0. The van der Waals surface area contributed by atoms with Crippen molar-refractivity contribution in [3.63, 3.8) is 0 Å². The van der Waals surface area contributed by atoms with Gasteiger partial charge in [-0.05, 0) is 36.6 Å². The number of aliphatic hydroxyl groups excluding tert-OH is 2. The molecule has 0 aliphatic rings. The van der Waals surface area contributed by atoms with E-state index in [1.165, 1.54) is 12.1 Å². The second-order valence-electron chi connectivity index (χ2n) is 3.86. The Morgan fingerprint density at radius 1 is 1.27 bits per heavy atom. The average Bonchev–Trinajstić information content (AvgIpc) is 2.15. The maximum atomic E-state index is 13.0. The van der Waals surface area contributed by atoms with E-state index in [4.69, 9.17) is 0 Å². The number of aryl methyl sites for hydroxylation is 1. The van der Waals surface area contributed by atoms with Crippen molar-refractivity contribution in [2.24, 2.45) is 0 Å². The SMILES string of the molecule is CCCC(O)C(O)c1cc(C)cc(F)c1. The lowest BCUT2D eigenvalue weighted by molar-refractivity contribution is 0.0129. The summed E-state index contributed by atoms with van der Waals surface area (Å²) in [6.45, 7) is 3.68. The molecule has 0 aliphatic heterocycles. The van der Waals surface area contributed by atoms with Crippen molar-refractivity contribution in [2.45, 2.75) is 38.9 Å². The van der Waals surface area contributed by atoms with Gasteiger partial charge >= 0.3 is 0 Å². The van der Waals surface area contributed by atoms with Crippen molar-refractivity contribution in [3.8, 4) is 0 Å². The Morgan fingerprint density at radius 3 is 2.47 bits per heavy atom. The molecule has 84 valence electrons. The third kappa shape index (κ3) is 3.29. The second kappa shape index (κ2) is 5.24. The zero-order chi connectivity index (χ0) is 11.4. The van der Waals surface area contributed by atoms with Crippen LogP contribution in [0.25, 0.3) is 0 Å². The molecule has 15 heavy (non-hydrogen) atoms. The van der Waals surface area contributed by atoms with Crippen LogP contribution in [-0.2, 0) is 0 Å². The Hall–Kier alpha value is -0.930. The molecule has 1 rings (SSSR count). The first-order valence-corrected chi connectivity index (χ1v) is 5.17. The molecule has 0 saturated carbocycles. The number of rotatable bonds is 4. The summed E-state index contributed by atoms with van der Waals surface area (Å²) >= 11 is 0. The van der Waals surface area contributed by atoms with Gasteiger partial charge in [0.1, 0.15) is 11.9 Å². The van der Waals surface area contributed by atoms with Crippen LogP contribution in [0.3, 0.4) is 0 Å². The van der Waals surface area contributed by atoms with E-state index < -0.39 is 12.2 Å². The minimum absolute atomic E-state index is 0.382.